The molecule has 3 N–H and O–H groups in total. The molecule has 1 aliphatic heterocycles. The molecule has 1 aromatic carbocycles. The van der Waals surface area contributed by atoms with E-state index in [0.717, 1.165) is 19.4 Å². The number of carboxylic acid groups (broad SMARTS) is 1. The maximum Gasteiger partial charge on any atom is 0.339 e. The molecule has 1 aromatic rings. The smallest absolute Gasteiger partial charge is 0.339 e. The van der Waals surface area contributed by atoms with Gasteiger partial charge in [0.1, 0.15) is 11.3 Å². The van der Waals surface area contributed by atoms with Crippen molar-refractivity contribution >= 4 is 29.2 Å². The van der Waals surface area contributed by atoms with Crippen LogP contribution in [0.15, 0.2) is 12.1 Å². The summed E-state index contributed by atoms with van der Waals surface area (Å²) in [6.07, 6.45) is 2.40. The van der Waals surface area contributed by atoms with Gasteiger partial charge in [-0.25, -0.2) is 4.79 Å². The van der Waals surface area contributed by atoms with Gasteiger partial charge in [0.15, 0.2) is 0 Å². The van der Waals surface area contributed by atoms with Gasteiger partial charge in [0, 0.05) is 18.5 Å². The quantitative estimate of drug-likeness (QED) is 0.775. The van der Waals surface area contributed by atoms with Crippen LogP contribution in [0.3, 0.4) is 0 Å². The van der Waals surface area contributed by atoms with Crippen LogP contribution in [0.25, 0.3) is 0 Å². The molecule has 0 saturated carbocycles. The van der Waals surface area contributed by atoms with E-state index in [9.17, 15) is 9.59 Å². The molecule has 7 heteroatoms. The van der Waals surface area contributed by atoms with Gasteiger partial charge in [0.25, 0.3) is 0 Å². The molecule has 1 fully saturated rings. The van der Waals surface area contributed by atoms with E-state index >= 15 is 0 Å². The van der Waals surface area contributed by atoms with Gasteiger partial charge in [0.05, 0.1) is 17.8 Å². The summed E-state index contributed by atoms with van der Waals surface area (Å²) < 4.78 is 5.01. The Morgan fingerprint density at radius 1 is 1.52 bits per heavy atom. The number of amides is 1. The molecular weight excluding hydrogens is 296 g/mol. The van der Waals surface area contributed by atoms with Crippen molar-refractivity contribution in [1.82, 2.24) is 5.32 Å². The van der Waals surface area contributed by atoms with Crippen LogP contribution < -0.4 is 15.4 Å². The number of nitrogens with one attached hydrogen (secondary N) is 2. The number of carboxylic acids is 1. The summed E-state index contributed by atoms with van der Waals surface area (Å²) in [6.45, 7) is 0.930. The number of hydrogen-bond donors (Lipinski definition) is 3. The molecule has 2 rings (SSSR count). The fourth-order valence-corrected chi connectivity index (χ4v) is 2.55. The third-order valence-electron chi connectivity index (χ3n) is 3.39. The Labute approximate surface area is 127 Å². The third kappa shape index (κ3) is 3.86. The van der Waals surface area contributed by atoms with E-state index in [1.54, 1.807) is 0 Å². The molecule has 1 unspecified atom stereocenters. The summed E-state index contributed by atoms with van der Waals surface area (Å²) in [5.41, 5.74) is 0.305. The van der Waals surface area contributed by atoms with Gasteiger partial charge in [-0.2, -0.15) is 0 Å². The third-order valence-corrected chi connectivity index (χ3v) is 3.70. The van der Waals surface area contributed by atoms with Crippen LogP contribution in [0.5, 0.6) is 5.75 Å². The molecular formula is C14H17ClN2O4. The van der Waals surface area contributed by atoms with Gasteiger partial charge in [-0.3, -0.25) is 4.79 Å². The van der Waals surface area contributed by atoms with E-state index in [0.29, 0.717) is 12.1 Å². The van der Waals surface area contributed by atoms with Crippen LogP contribution in [0.4, 0.5) is 5.69 Å². The molecule has 1 saturated heterocycles. The van der Waals surface area contributed by atoms with Gasteiger partial charge in [-0.15, -0.1) is 0 Å². The Hall–Kier alpha value is -1.79. The molecule has 1 atom stereocenters. The van der Waals surface area contributed by atoms with E-state index in [2.05, 4.69) is 10.6 Å². The monoisotopic (exact) mass is 312 g/mol. The van der Waals surface area contributed by atoms with Gasteiger partial charge in [-0.1, -0.05) is 11.6 Å². The molecule has 21 heavy (non-hydrogen) atoms. The minimum absolute atomic E-state index is 0.0436. The highest BCUT2D eigenvalue weighted by molar-refractivity contribution is 6.34. The summed E-state index contributed by atoms with van der Waals surface area (Å²) in [5, 5.41) is 15.1. The lowest BCUT2D eigenvalue weighted by molar-refractivity contribution is -0.116. The number of hydrogen-bond acceptors (Lipinski definition) is 4. The number of anilines is 1. The molecule has 1 amide bonds. The molecule has 114 valence electrons. The lowest BCUT2D eigenvalue weighted by atomic mass is 10.1. The van der Waals surface area contributed by atoms with E-state index in [-0.39, 0.29) is 28.3 Å². The zero-order valence-corrected chi connectivity index (χ0v) is 12.4. The van der Waals surface area contributed by atoms with Crippen LogP contribution in [0.1, 0.15) is 29.6 Å². The summed E-state index contributed by atoms with van der Waals surface area (Å²) >= 11 is 6.01. The maximum absolute atomic E-state index is 12.0. The van der Waals surface area contributed by atoms with Crippen molar-refractivity contribution in [2.24, 2.45) is 0 Å². The Kier molecular flexibility index (Phi) is 5.03. The van der Waals surface area contributed by atoms with Crippen molar-refractivity contribution in [3.8, 4) is 5.75 Å². The molecule has 1 aliphatic rings. The molecule has 0 aliphatic carbocycles. The number of carbonyl (C=O) groups excluding carboxylic acids is 1. The fraction of sp³-hybridized carbons (Fsp3) is 0.429. The first kappa shape index (κ1) is 15.6. The molecule has 0 aromatic heterocycles. The van der Waals surface area contributed by atoms with Gasteiger partial charge >= 0.3 is 5.97 Å². The van der Waals surface area contributed by atoms with Crippen molar-refractivity contribution in [1.29, 1.82) is 0 Å². The average molecular weight is 313 g/mol. The van der Waals surface area contributed by atoms with Crippen LogP contribution in [0.2, 0.25) is 5.02 Å². The Balaban J connectivity index is 2.12. The van der Waals surface area contributed by atoms with Crippen molar-refractivity contribution in [2.75, 3.05) is 19.0 Å². The zero-order chi connectivity index (χ0) is 15.4. The first-order valence-corrected chi connectivity index (χ1v) is 7.03. The van der Waals surface area contributed by atoms with Crippen LogP contribution >= 0.6 is 11.6 Å². The van der Waals surface area contributed by atoms with E-state index in [4.69, 9.17) is 21.4 Å². The van der Waals surface area contributed by atoms with Gasteiger partial charge in [0.2, 0.25) is 5.91 Å². The molecule has 0 bridgehead atoms. The molecule has 0 radical (unpaired) electrons. The minimum atomic E-state index is -1.14. The predicted molar refractivity (Wildman–Crippen MR) is 79.2 cm³/mol. The second kappa shape index (κ2) is 6.78. The number of ether oxygens (including phenoxy) is 1. The normalized spacial score (nSPS) is 17.5. The zero-order valence-electron chi connectivity index (χ0n) is 11.6. The van der Waals surface area contributed by atoms with Crippen molar-refractivity contribution in [3.63, 3.8) is 0 Å². The minimum Gasteiger partial charge on any atom is -0.496 e. The van der Waals surface area contributed by atoms with Crippen molar-refractivity contribution < 1.29 is 19.4 Å². The highest BCUT2D eigenvalue weighted by Gasteiger charge is 2.20. The SMILES string of the molecule is COc1cc(NC(=O)CC2CCCN2)c(Cl)cc1C(=O)O. The summed E-state index contributed by atoms with van der Waals surface area (Å²) in [6, 6.07) is 2.88. The number of methoxy groups -OCH3 is 1. The van der Waals surface area contributed by atoms with E-state index in [1.165, 1.54) is 19.2 Å². The average Bonchev–Trinajstić information content (AvgIpc) is 2.93. The largest absolute Gasteiger partial charge is 0.496 e. The molecule has 1 heterocycles. The van der Waals surface area contributed by atoms with E-state index < -0.39 is 5.97 Å². The molecule has 6 nitrogen and oxygen atoms in total. The Morgan fingerprint density at radius 3 is 2.86 bits per heavy atom. The standard InChI is InChI=1S/C14H17ClN2O4/c1-21-12-7-11(10(15)6-9(12)14(19)20)17-13(18)5-8-3-2-4-16-8/h6-8,16H,2-5H2,1H3,(H,17,18)(H,19,20). The second-order valence-corrected chi connectivity index (χ2v) is 5.29. The topological polar surface area (TPSA) is 87.7 Å². The second-order valence-electron chi connectivity index (χ2n) is 4.88. The number of aromatic carboxylic acids is 1. The highest BCUT2D eigenvalue weighted by atomic mass is 35.5. The lowest BCUT2D eigenvalue weighted by Crippen LogP contribution is -2.27. The first-order chi connectivity index (χ1) is 10.0. The fourth-order valence-electron chi connectivity index (χ4n) is 2.34. The van der Waals surface area contributed by atoms with Crippen molar-refractivity contribution in [2.45, 2.75) is 25.3 Å². The first-order valence-electron chi connectivity index (χ1n) is 6.65. The number of rotatable bonds is 5. The van der Waals surface area contributed by atoms with Gasteiger partial charge in [-0.05, 0) is 25.5 Å². The van der Waals surface area contributed by atoms with Crippen molar-refractivity contribution in [3.05, 3.63) is 22.7 Å². The summed E-state index contributed by atoms with van der Waals surface area (Å²) in [4.78, 5) is 23.0. The number of benzene rings is 1. The summed E-state index contributed by atoms with van der Waals surface area (Å²) in [7, 11) is 1.36. The molecule has 0 spiro atoms. The van der Waals surface area contributed by atoms with Gasteiger partial charge < -0.3 is 20.5 Å². The number of carbonyl (C=O) groups is 2. The maximum atomic E-state index is 12.0. The highest BCUT2D eigenvalue weighted by Crippen LogP contribution is 2.31. The van der Waals surface area contributed by atoms with Crippen LogP contribution in [-0.4, -0.2) is 36.7 Å². The Morgan fingerprint density at radius 2 is 2.29 bits per heavy atom. The summed E-state index contributed by atoms with van der Waals surface area (Å²) in [5.74, 6) is -1.15. The predicted octanol–water partition coefficient (Wildman–Crippen LogP) is 2.13. The van der Waals surface area contributed by atoms with E-state index in [1.807, 2.05) is 0 Å². The Bertz CT molecular complexity index is 556. The number of halogens is 1. The van der Waals surface area contributed by atoms with Crippen LogP contribution in [0, 0.1) is 0 Å². The lowest BCUT2D eigenvalue weighted by Gasteiger charge is -2.13. The van der Waals surface area contributed by atoms with Crippen LogP contribution in [-0.2, 0) is 4.79 Å².